The molecular weight excluding hydrogens is 228 g/mol. The fraction of sp³-hybridized carbons (Fsp3) is 0.909. The summed E-state index contributed by atoms with van der Waals surface area (Å²) in [5, 5.41) is 3.44. The van der Waals surface area contributed by atoms with Crippen molar-refractivity contribution in [2.45, 2.75) is 45.8 Å². The van der Waals surface area contributed by atoms with E-state index in [1.807, 2.05) is 13.8 Å². The second kappa shape index (κ2) is 7.09. The van der Waals surface area contributed by atoms with E-state index in [9.17, 15) is 4.79 Å². The molecule has 1 heterocycles. The predicted octanol–water partition coefficient (Wildman–Crippen LogP) is 1.04. The second-order valence-corrected chi connectivity index (χ2v) is 4.35. The number of rotatable bonds is 3. The van der Waals surface area contributed by atoms with Crippen molar-refractivity contribution in [3.63, 3.8) is 0 Å². The van der Waals surface area contributed by atoms with Crippen LogP contribution in [0.15, 0.2) is 0 Å². The number of nitrogens with one attached hydrogen (secondary N) is 1. The van der Waals surface area contributed by atoms with Crippen LogP contribution in [0.1, 0.15) is 27.7 Å². The zero-order chi connectivity index (χ0) is 11.4. The van der Waals surface area contributed by atoms with E-state index >= 15 is 0 Å². The molecule has 0 spiro atoms. The van der Waals surface area contributed by atoms with E-state index in [2.05, 4.69) is 24.1 Å². The van der Waals surface area contributed by atoms with Gasteiger partial charge in [0.2, 0.25) is 0 Å². The molecule has 1 fully saturated rings. The molecule has 1 rings (SSSR count). The largest absolute Gasteiger partial charge is 0.465 e. The molecule has 1 aliphatic rings. The van der Waals surface area contributed by atoms with Crippen molar-refractivity contribution in [3.05, 3.63) is 0 Å². The Morgan fingerprint density at radius 1 is 1.44 bits per heavy atom. The van der Waals surface area contributed by atoms with E-state index in [0.717, 1.165) is 13.1 Å². The van der Waals surface area contributed by atoms with Gasteiger partial charge < -0.3 is 10.1 Å². The molecule has 0 bridgehead atoms. The Hall–Kier alpha value is -0.320. The zero-order valence-corrected chi connectivity index (χ0v) is 11.3. The Morgan fingerprint density at radius 2 is 1.94 bits per heavy atom. The summed E-state index contributed by atoms with van der Waals surface area (Å²) in [7, 11) is 0. The van der Waals surface area contributed by atoms with Crippen LogP contribution in [-0.4, -0.2) is 48.7 Å². The van der Waals surface area contributed by atoms with E-state index < -0.39 is 0 Å². The molecule has 0 aromatic heterocycles. The molecule has 0 aromatic rings. The minimum absolute atomic E-state index is 0. The van der Waals surface area contributed by atoms with Crippen LogP contribution in [0.3, 0.4) is 0 Å². The minimum atomic E-state index is -0.128. The summed E-state index contributed by atoms with van der Waals surface area (Å²) in [6.45, 7) is 10.3. The first-order valence-corrected chi connectivity index (χ1v) is 5.71. The Balaban J connectivity index is 0.00000225. The topological polar surface area (TPSA) is 41.6 Å². The molecule has 1 saturated heterocycles. The first-order valence-electron chi connectivity index (χ1n) is 5.71. The van der Waals surface area contributed by atoms with Crippen LogP contribution in [0.25, 0.3) is 0 Å². The molecule has 0 aliphatic carbocycles. The fourth-order valence-corrected chi connectivity index (χ4v) is 2.10. The van der Waals surface area contributed by atoms with Gasteiger partial charge in [-0.2, -0.15) is 0 Å². The Labute approximate surface area is 104 Å². The van der Waals surface area contributed by atoms with E-state index in [1.165, 1.54) is 0 Å². The van der Waals surface area contributed by atoms with Crippen molar-refractivity contribution >= 4 is 18.4 Å². The molecule has 0 aromatic carbocycles. The van der Waals surface area contributed by atoms with E-state index in [-0.39, 0.29) is 24.4 Å². The number of piperazine rings is 1. The average molecular weight is 251 g/mol. The second-order valence-electron chi connectivity index (χ2n) is 4.35. The van der Waals surface area contributed by atoms with Gasteiger partial charge in [0.1, 0.15) is 6.04 Å². The number of carbonyl (C=O) groups excluding carboxylic acids is 1. The van der Waals surface area contributed by atoms with Crippen molar-refractivity contribution in [1.29, 1.82) is 0 Å². The molecule has 3 atom stereocenters. The summed E-state index contributed by atoms with van der Waals surface area (Å²) in [5.74, 6) is -0.112. The lowest BCUT2D eigenvalue weighted by Gasteiger charge is -2.38. The maximum atomic E-state index is 11.6. The van der Waals surface area contributed by atoms with Gasteiger partial charge in [-0.15, -0.1) is 12.4 Å². The predicted molar refractivity (Wildman–Crippen MR) is 67.0 cm³/mol. The third-order valence-electron chi connectivity index (χ3n) is 2.76. The maximum absolute atomic E-state index is 11.6. The van der Waals surface area contributed by atoms with Gasteiger partial charge in [0.05, 0.1) is 6.61 Å². The highest BCUT2D eigenvalue weighted by Crippen LogP contribution is 2.09. The number of hydrogen-bond acceptors (Lipinski definition) is 4. The van der Waals surface area contributed by atoms with Crippen LogP contribution in [0, 0.1) is 0 Å². The fourth-order valence-electron chi connectivity index (χ4n) is 2.10. The van der Waals surface area contributed by atoms with Crippen LogP contribution in [0.2, 0.25) is 0 Å². The van der Waals surface area contributed by atoms with Gasteiger partial charge in [0, 0.05) is 25.2 Å². The SMILES string of the molecule is CCOC(=O)C(C)N1CC(C)NC(C)C1.Cl. The number of hydrogen-bond donors (Lipinski definition) is 1. The van der Waals surface area contributed by atoms with E-state index in [4.69, 9.17) is 4.74 Å². The highest BCUT2D eigenvalue weighted by molar-refractivity contribution is 5.85. The number of carbonyl (C=O) groups is 1. The van der Waals surface area contributed by atoms with Crippen molar-refractivity contribution in [1.82, 2.24) is 10.2 Å². The van der Waals surface area contributed by atoms with Crippen molar-refractivity contribution in [2.24, 2.45) is 0 Å². The third kappa shape index (κ3) is 4.28. The maximum Gasteiger partial charge on any atom is 0.323 e. The standard InChI is InChI=1S/C11H22N2O2.ClH/c1-5-15-11(14)10(4)13-6-8(2)12-9(3)7-13;/h8-10,12H,5-7H2,1-4H3;1H. The molecule has 1 aliphatic heterocycles. The first kappa shape index (κ1) is 15.7. The molecule has 16 heavy (non-hydrogen) atoms. The highest BCUT2D eigenvalue weighted by Gasteiger charge is 2.28. The molecule has 0 saturated carbocycles. The molecule has 0 amide bonds. The lowest BCUT2D eigenvalue weighted by atomic mass is 10.1. The van der Waals surface area contributed by atoms with Crippen molar-refractivity contribution < 1.29 is 9.53 Å². The van der Waals surface area contributed by atoms with Crippen LogP contribution in [0.5, 0.6) is 0 Å². The number of esters is 1. The normalized spacial score (nSPS) is 28.0. The van der Waals surface area contributed by atoms with E-state index in [0.29, 0.717) is 18.7 Å². The third-order valence-corrected chi connectivity index (χ3v) is 2.76. The molecule has 96 valence electrons. The van der Waals surface area contributed by atoms with Crippen LogP contribution < -0.4 is 5.32 Å². The number of ether oxygens (including phenoxy) is 1. The molecule has 5 heteroatoms. The van der Waals surface area contributed by atoms with Gasteiger partial charge in [0.15, 0.2) is 0 Å². The average Bonchev–Trinajstić information content (AvgIpc) is 2.15. The summed E-state index contributed by atoms with van der Waals surface area (Å²) >= 11 is 0. The Morgan fingerprint density at radius 3 is 2.38 bits per heavy atom. The van der Waals surface area contributed by atoms with Gasteiger partial charge >= 0.3 is 5.97 Å². The summed E-state index contributed by atoms with van der Waals surface area (Å²) in [6, 6.07) is 0.744. The Bertz CT molecular complexity index is 216. The molecule has 0 radical (unpaired) electrons. The van der Waals surface area contributed by atoms with Crippen molar-refractivity contribution in [3.8, 4) is 0 Å². The molecule has 1 N–H and O–H groups in total. The summed E-state index contributed by atoms with van der Waals surface area (Å²) in [5.41, 5.74) is 0. The summed E-state index contributed by atoms with van der Waals surface area (Å²) in [6.07, 6.45) is 0. The Kier molecular flexibility index (Phi) is 6.95. The number of nitrogens with zero attached hydrogens (tertiary/aromatic N) is 1. The monoisotopic (exact) mass is 250 g/mol. The lowest BCUT2D eigenvalue weighted by Crippen LogP contribution is -2.58. The van der Waals surface area contributed by atoms with Gasteiger partial charge in [-0.1, -0.05) is 0 Å². The van der Waals surface area contributed by atoms with E-state index in [1.54, 1.807) is 0 Å². The summed E-state index contributed by atoms with van der Waals surface area (Å²) < 4.78 is 5.03. The zero-order valence-electron chi connectivity index (χ0n) is 10.5. The smallest absolute Gasteiger partial charge is 0.323 e. The molecular formula is C11H23ClN2O2. The van der Waals surface area contributed by atoms with Crippen molar-refractivity contribution in [2.75, 3.05) is 19.7 Å². The highest BCUT2D eigenvalue weighted by atomic mass is 35.5. The quantitative estimate of drug-likeness (QED) is 0.760. The van der Waals surface area contributed by atoms with Crippen LogP contribution in [-0.2, 0) is 9.53 Å². The van der Waals surface area contributed by atoms with Crippen LogP contribution >= 0.6 is 12.4 Å². The number of halogens is 1. The van der Waals surface area contributed by atoms with Gasteiger partial charge in [-0.05, 0) is 27.7 Å². The first-order chi connectivity index (χ1) is 7.04. The minimum Gasteiger partial charge on any atom is -0.465 e. The molecule has 3 unspecified atom stereocenters. The van der Waals surface area contributed by atoms with Gasteiger partial charge in [-0.3, -0.25) is 9.69 Å². The van der Waals surface area contributed by atoms with Gasteiger partial charge in [0.25, 0.3) is 0 Å². The van der Waals surface area contributed by atoms with Crippen LogP contribution in [0.4, 0.5) is 0 Å². The lowest BCUT2D eigenvalue weighted by molar-refractivity contribution is -0.149. The molecule has 4 nitrogen and oxygen atoms in total. The van der Waals surface area contributed by atoms with Gasteiger partial charge in [-0.25, -0.2) is 0 Å². The summed E-state index contributed by atoms with van der Waals surface area (Å²) in [4.78, 5) is 13.8.